The Bertz CT molecular complexity index is 1240. The second kappa shape index (κ2) is 10.0. The summed E-state index contributed by atoms with van der Waals surface area (Å²) in [6.07, 6.45) is -9.49. The van der Waals surface area contributed by atoms with Crippen LogP contribution >= 0.6 is 31.9 Å². The van der Waals surface area contributed by atoms with Crippen LogP contribution in [0.5, 0.6) is 5.75 Å². The zero-order valence-corrected chi connectivity index (χ0v) is 21.5. The molecule has 0 fully saturated rings. The molecule has 2 aromatic carbocycles. The molecule has 3 rings (SSSR count). The van der Waals surface area contributed by atoms with Crippen molar-refractivity contribution in [2.75, 3.05) is 19.1 Å². The van der Waals surface area contributed by atoms with Crippen molar-refractivity contribution >= 4 is 43.5 Å². The fourth-order valence-electron chi connectivity index (χ4n) is 3.54. The third kappa shape index (κ3) is 4.82. The van der Waals surface area contributed by atoms with Crippen LogP contribution in [-0.2, 0) is 5.67 Å². The van der Waals surface area contributed by atoms with Crippen molar-refractivity contribution in [3.8, 4) is 16.9 Å². The van der Waals surface area contributed by atoms with Gasteiger partial charge in [-0.2, -0.15) is 26.3 Å². The summed E-state index contributed by atoms with van der Waals surface area (Å²) in [5, 5.41) is 0. The number of carbonyl (C=O) groups is 1. The standard InChI is InChI=1S/C23H15Br2F7N2O2/c1-34(20(35)15-5-3-4-14(19(15)36-2)12-6-8-33-9-7-12)18-16(24)10-13(11-17(18)25)21(26,22(27,28)29)23(30,31)32/h3-11H,1-2H3. The third-order valence-electron chi connectivity index (χ3n) is 5.28. The molecular weight excluding hydrogens is 629 g/mol. The van der Waals surface area contributed by atoms with Gasteiger partial charge in [0.15, 0.2) is 0 Å². The van der Waals surface area contributed by atoms with Crippen LogP contribution in [0, 0.1) is 0 Å². The Morgan fingerprint density at radius 3 is 1.92 bits per heavy atom. The van der Waals surface area contributed by atoms with Gasteiger partial charge >= 0.3 is 18.0 Å². The number of alkyl halides is 7. The van der Waals surface area contributed by atoms with Gasteiger partial charge in [-0.1, -0.05) is 12.1 Å². The zero-order chi connectivity index (χ0) is 27.1. The first kappa shape index (κ1) is 27.9. The molecule has 0 unspecified atom stereocenters. The maximum Gasteiger partial charge on any atom is 0.435 e. The predicted molar refractivity (Wildman–Crippen MR) is 126 cm³/mol. The largest absolute Gasteiger partial charge is 0.495 e. The van der Waals surface area contributed by atoms with E-state index in [2.05, 4.69) is 36.8 Å². The molecule has 0 aliphatic carbocycles. The topological polar surface area (TPSA) is 42.4 Å². The molecule has 4 nitrogen and oxygen atoms in total. The van der Waals surface area contributed by atoms with E-state index in [1.165, 1.54) is 32.6 Å². The summed E-state index contributed by atoms with van der Waals surface area (Å²) < 4.78 is 98.5. The van der Waals surface area contributed by atoms with E-state index < -0.39 is 29.5 Å². The molecule has 13 heteroatoms. The summed E-state index contributed by atoms with van der Waals surface area (Å²) in [4.78, 5) is 18.3. The van der Waals surface area contributed by atoms with Crippen LogP contribution in [0.2, 0.25) is 0 Å². The predicted octanol–water partition coefficient (Wildman–Crippen LogP) is 7.85. The highest BCUT2D eigenvalue weighted by molar-refractivity contribution is 9.11. The molecule has 192 valence electrons. The van der Waals surface area contributed by atoms with Gasteiger partial charge in [0.25, 0.3) is 5.91 Å². The van der Waals surface area contributed by atoms with Crippen molar-refractivity contribution in [1.82, 2.24) is 4.98 Å². The van der Waals surface area contributed by atoms with Gasteiger partial charge in [0.05, 0.1) is 18.4 Å². The molecule has 0 saturated carbocycles. The summed E-state index contributed by atoms with van der Waals surface area (Å²) in [5.74, 6) is -0.517. The van der Waals surface area contributed by atoms with Crippen LogP contribution in [0.4, 0.5) is 36.4 Å². The van der Waals surface area contributed by atoms with E-state index >= 15 is 0 Å². The number of halogens is 9. The molecule has 1 heterocycles. The normalized spacial score (nSPS) is 12.4. The highest BCUT2D eigenvalue weighted by Gasteiger charge is 2.73. The van der Waals surface area contributed by atoms with Gasteiger partial charge < -0.3 is 9.64 Å². The van der Waals surface area contributed by atoms with Gasteiger partial charge in [0.1, 0.15) is 5.75 Å². The monoisotopic (exact) mass is 642 g/mol. The number of methoxy groups -OCH3 is 1. The number of benzene rings is 2. The molecule has 36 heavy (non-hydrogen) atoms. The highest BCUT2D eigenvalue weighted by Crippen LogP contribution is 2.54. The Hall–Kier alpha value is -2.67. The van der Waals surface area contributed by atoms with Crippen molar-refractivity contribution in [2.24, 2.45) is 0 Å². The first-order chi connectivity index (χ1) is 16.6. The lowest BCUT2D eigenvalue weighted by Crippen LogP contribution is -2.50. The van der Waals surface area contributed by atoms with Crippen molar-refractivity contribution < 1.29 is 40.3 Å². The maximum absolute atomic E-state index is 14.6. The Morgan fingerprint density at radius 2 is 1.44 bits per heavy atom. The van der Waals surface area contributed by atoms with Gasteiger partial charge in [-0.3, -0.25) is 9.78 Å². The molecule has 3 aromatic rings. The van der Waals surface area contributed by atoms with E-state index in [1.54, 1.807) is 24.3 Å². The summed E-state index contributed by atoms with van der Waals surface area (Å²) in [5.41, 5.74) is -6.18. The molecule has 1 amide bonds. The Morgan fingerprint density at radius 1 is 0.917 bits per heavy atom. The number of anilines is 1. The number of hydrogen-bond acceptors (Lipinski definition) is 3. The Kier molecular flexibility index (Phi) is 7.75. The van der Waals surface area contributed by atoms with E-state index in [-0.39, 0.29) is 25.9 Å². The number of nitrogens with zero attached hydrogens (tertiary/aromatic N) is 2. The van der Waals surface area contributed by atoms with Crippen LogP contribution in [0.3, 0.4) is 0 Å². The molecule has 0 radical (unpaired) electrons. The Balaban J connectivity index is 2.10. The minimum Gasteiger partial charge on any atom is -0.495 e. The molecule has 0 spiro atoms. The van der Waals surface area contributed by atoms with Gasteiger partial charge in [0, 0.05) is 39.5 Å². The van der Waals surface area contributed by atoms with Crippen molar-refractivity contribution in [3.05, 3.63) is 74.9 Å². The molecule has 0 bridgehead atoms. The lowest BCUT2D eigenvalue weighted by molar-refractivity contribution is -0.348. The zero-order valence-electron chi connectivity index (χ0n) is 18.3. The first-order valence-corrected chi connectivity index (χ1v) is 11.4. The van der Waals surface area contributed by atoms with E-state index in [4.69, 9.17) is 4.74 Å². The molecule has 0 atom stereocenters. The fourth-order valence-corrected chi connectivity index (χ4v) is 5.26. The minimum atomic E-state index is -6.28. The third-order valence-corrected chi connectivity index (χ3v) is 6.49. The number of aromatic nitrogens is 1. The number of pyridine rings is 1. The van der Waals surface area contributed by atoms with E-state index in [0.717, 1.165) is 4.90 Å². The van der Waals surface area contributed by atoms with Crippen molar-refractivity contribution in [1.29, 1.82) is 0 Å². The van der Waals surface area contributed by atoms with Gasteiger partial charge in [-0.25, -0.2) is 4.39 Å². The number of para-hydroxylation sites is 1. The fraction of sp³-hybridized carbons (Fsp3) is 0.217. The summed E-state index contributed by atoms with van der Waals surface area (Å²) in [6.45, 7) is 0. The highest BCUT2D eigenvalue weighted by atomic mass is 79.9. The quantitative estimate of drug-likeness (QED) is 0.266. The van der Waals surface area contributed by atoms with Gasteiger partial charge in [-0.05, 0) is 67.8 Å². The van der Waals surface area contributed by atoms with E-state index in [1.807, 2.05) is 0 Å². The maximum atomic E-state index is 14.6. The van der Waals surface area contributed by atoms with Crippen LogP contribution in [-0.4, -0.2) is 37.4 Å². The van der Waals surface area contributed by atoms with Crippen molar-refractivity contribution in [2.45, 2.75) is 18.0 Å². The number of carbonyl (C=O) groups excluding carboxylic acids is 1. The van der Waals surface area contributed by atoms with Crippen LogP contribution in [0.1, 0.15) is 15.9 Å². The van der Waals surface area contributed by atoms with Crippen LogP contribution < -0.4 is 9.64 Å². The second-order valence-corrected chi connectivity index (χ2v) is 9.14. The lowest BCUT2D eigenvalue weighted by Gasteiger charge is -2.31. The number of rotatable bonds is 5. The van der Waals surface area contributed by atoms with Gasteiger partial charge in [0.2, 0.25) is 0 Å². The van der Waals surface area contributed by atoms with Crippen LogP contribution in [0.25, 0.3) is 11.1 Å². The minimum absolute atomic E-state index is 0.0580. The van der Waals surface area contributed by atoms with Gasteiger partial charge in [-0.15, -0.1) is 0 Å². The lowest BCUT2D eigenvalue weighted by atomic mass is 9.94. The summed E-state index contributed by atoms with van der Waals surface area (Å²) >= 11 is 5.78. The SMILES string of the molecule is COc1c(C(=O)N(C)c2c(Br)cc(C(F)(C(F)(F)F)C(F)(F)F)cc2Br)cccc1-c1ccncc1. The van der Waals surface area contributed by atoms with E-state index in [0.29, 0.717) is 23.3 Å². The smallest absolute Gasteiger partial charge is 0.435 e. The molecule has 0 saturated heterocycles. The molecule has 0 aliphatic rings. The molecular formula is C23H15Br2F7N2O2. The van der Waals surface area contributed by atoms with Crippen LogP contribution in [0.15, 0.2) is 63.8 Å². The molecule has 0 aliphatic heterocycles. The summed E-state index contributed by atoms with van der Waals surface area (Å²) in [6, 6.07) is 8.78. The summed E-state index contributed by atoms with van der Waals surface area (Å²) in [7, 11) is 2.59. The molecule has 0 N–H and O–H groups in total. The number of amides is 1. The second-order valence-electron chi connectivity index (χ2n) is 7.43. The van der Waals surface area contributed by atoms with Crippen molar-refractivity contribution in [3.63, 3.8) is 0 Å². The average molecular weight is 644 g/mol. The van der Waals surface area contributed by atoms with E-state index in [9.17, 15) is 35.5 Å². The Labute approximate surface area is 217 Å². The molecule has 1 aromatic heterocycles. The first-order valence-electron chi connectivity index (χ1n) is 9.82. The number of hydrogen-bond donors (Lipinski definition) is 0. The number of ether oxygens (including phenoxy) is 1. The average Bonchev–Trinajstić information content (AvgIpc) is 2.80.